The van der Waals surface area contributed by atoms with Gasteiger partial charge in [-0.3, -0.25) is 4.79 Å². The summed E-state index contributed by atoms with van der Waals surface area (Å²) in [6, 6.07) is 1.01. The molecule has 1 unspecified atom stereocenters. The van der Waals surface area contributed by atoms with Gasteiger partial charge in [-0.25, -0.2) is 4.98 Å². The number of hydrogen-bond acceptors (Lipinski definition) is 4. The van der Waals surface area contributed by atoms with E-state index in [0.29, 0.717) is 32.5 Å². The van der Waals surface area contributed by atoms with Crippen LogP contribution in [0.15, 0.2) is 16.7 Å². The van der Waals surface area contributed by atoms with Gasteiger partial charge in [-0.1, -0.05) is 0 Å². The Morgan fingerprint density at radius 1 is 1.52 bits per heavy atom. The Balaban J connectivity index is 2.20. The van der Waals surface area contributed by atoms with E-state index in [4.69, 9.17) is 5.73 Å². The standard InChI is InChI=1S/C14H18BrF3N4O/c15-10-6-11(14(16,17)18)12(21-7-10)22-5-1-2-9(8-22)13(23)20-4-3-19/h6-7,9H,1-5,8,19H2,(H,20,23). The molecule has 1 saturated heterocycles. The number of pyridine rings is 1. The molecule has 1 fully saturated rings. The van der Waals surface area contributed by atoms with Gasteiger partial charge < -0.3 is 16.0 Å². The Kier molecular flexibility index (Phi) is 5.85. The predicted molar refractivity (Wildman–Crippen MR) is 83.9 cm³/mol. The first-order valence-corrected chi connectivity index (χ1v) is 8.07. The average molecular weight is 395 g/mol. The first kappa shape index (κ1) is 18.0. The Labute approximate surface area is 140 Å². The zero-order valence-corrected chi connectivity index (χ0v) is 14.0. The number of hydrogen-bond donors (Lipinski definition) is 2. The lowest BCUT2D eigenvalue weighted by Crippen LogP contribution is -2.44. The van der Waals surface area contributed by atoms with Gasteiger partial charge in [-0.2, -0.15) is 13.2 Å². The molecular formula is C14H18BrF3N4O. The number of nitrogens with one attached hydrogen (secondary N) is 1. The molecule has 0 aromatic carbocycles. The van der Waals surface area contributed by atoms with E-state index in [1.54, 1.807) is 0 Å². The molecule has 1 aromatic rings. The van der Waals surface area contributed by atoms with E-state index < -0.39 is 11.7 Å². The number of amides is 1. The number of piperidine rings is 1. The highest BCUT2D eigenvalue weighted by molar-refractivity contribution is 9.10. The molecule has 1 aliphatic heterocycles. The Morgan fingerprint density at radius 2 is 2.26 bits per heavy atom. The van der Waals surface area contributed by atoms with Gasteiger partial charge in [0.05, 0.1) is 11.5 Å². The quantitative estimate of drug-likeness (QED) is 0.820. The number of halogens is 4. The molecule has 3 N–H and O–H groups in total. The molecule has 9 heteroatoms. The second-order valence-electron chi connectivity index (χ2n) is 5.39. The molecule has 0 saturated carbocycles. The summed E-state index contributed by atoms with van der Waals surface area (Å²) in [7, 11) is 0. The van der Waals surface area contributed by atoms with Gasteiger partial charge in [0.15, 0.2) is 0 Å². The van der Waals surface area contributed by atoms with Crippen LogP contribution in [0, 0.1) is 5.92 Å². The van der Waals surface area contributed by atoms with E-state index in [9.17, 15) is 18.0 Å². The van der Waals surface area contributed by atoms with Crippen molar-refractivity contribution in [3.05, 3.63) is 22.3 Å². The van der Waals surface area contributed by atoms with Crippen molar-refractivity contribution in [2.75, 3.05) is 31.1 Å². The van der Waals surface area contributed by atoms with Gasteiger partial charge in [-0.15, -0.1) is 0 Å². The number of rotatable bonds is 4. The number of aromatic nitrogens is 1. The van der Waals surface area contributed by atoms with Crippen LogP contribution >= 0.6 is 15.9 Å². The third kappa shape index (κ3) is 4.57. The fourth-order valence-electron chi connectivity index (χ4n) is 2.62. The van der Waals surface area contributed by atoms with Gasteiger partial charge in [-0.05, 0) is 34.8 Å². The molecule has 0 bridgehead atoms. The van der Waals surface area contributed by atoms with Crippen molar-refractivity contribution in [1.82, 2.24) is 10.3 Å². The molecule has 0 radical (unpaired) electrons. The summed E-state index contributed by atoms with van der Waals surface area (Å²) < 4.78 is 39.9. The third-order valence-corrected chi connectivity index (χ3v) is 4.11. The van der Waals surface area contributed by atoms with Gasteiger partial charge in [0.25, 0.3) is 0 Å². The van der Waals surface area contributed by atoms with Crippen molar-refractivity contribution in [2.24, 2.45) is 11.7 Å². The van der Waals surface area contributed by atoms with E-state index in [0.717, 1.165) is 6.07 Å². The largest absolute Gasteiger partial charge is 0.419 e. The fraction of sp³-hybridized carbons (Fsp3) is 0.571. The molecular weight excluding hydrogens is 377 g/mol. The lowest BCUT2D eigenvalue weighted by molar-refractivity contribution is -0.137. The summed E-state index contributed by atoms with van der Waals surface area (Å²) in [5.74, 6) is -0.662. The number of nitrogens with two attached hydrogens (primary N) is 1. The minimum atomic E-state index is -4.50. The van der Waals surface area contributed by atoms with Crippen LogP contribution in [0.2, 0.25) is 0 Å². The molecule has 23 heavy (non-hydrogen) atoms. The monoisotopic (exact) mass is 394 g/mol. The lowest BCUT2D eigenvalue weighted by atomic mass is 9.96. The van der Waals surface area contributed by atoms with Crippen LogP contribution in [0.3, 0.4) is 0 Å². The molecule has 128 valence electrons. The van der Waals surface area contributed by atoms with Crippen molar-refractivity contribution < 1.29 is 18.0 Å². The molecule has 0 aliphatic carbocycles. The molecule has 0 spiro atoms. The zero-order valence-electron chi connectivity index (χ0n) is 12.4. The minimum absolute atomic E-state index is 0.128. The van der Waals surface area contributed by atoms with E-state index in [1.807, 2.05) is 0 Å². The van der Waals surface area contributed by atoms with Crippen LogP contribution in [0.1, 0.15) is 18.4 Å². The molecule has 5 nitrogen and oxygen atoms in total. The zero-order chi connectivity index (χ0) is 17.0. The van der Waals surface area contributed by atoms with Crippen LogP contribution in [-0.4, -0.2) is 37.1 Å². The smallest absolute Gasteiger partial charge is 0.355 e. The highest BCUT2D eigenvalue weighted by Gasteiger charge is 2.37. The van der Waals surface area contributed by atoms with Gasteiger partial charge in [0, 0.05) is 36.8 Å². The third-order valence-electron chi connectivity index (χ3n) is 3.67. The molecule has 1 amide bonds. The highest BCUT2D eigenvalue weighted by atomic mass is 79.9. The van der Waals surface area contributed by atoms with E-state index in [1.165, 1.54) is 11.1 Å². The molecule has 1 aromatic heterocycles. The minimum Gasteiger partial charge on any atom is -0.355 e. The normalized spacial score (nSPS) is 18.8. The first-order chi connectivity index (χ1) is 10.8. The number of carbonyl (C=O) groups excluding carboxylic acids is 1. The Morgan fingerprint density at radius 3 is 2.91 bits per heavy atom. The number of anilines is 1. The number of alkyl halides is 3. The summed E-state index contributed by atoms with van der Waals surface area (Å²) in [6.07, 6.45) is -1.88. The van der Waals surface area contributed by atoms with E-state index in [2.05, 4.69) is 26.2 Å². The van der Waals surface area contributed by atoms with E-state index >= 15 is 0 Å². The number of nitrogens with zero attached hydrogens (tertiary/aromatic N) is 2. The highest BCUT2D eigenvalue weighted by Crippen LogP contribution is 2.38. The van der Waals surface area contributed by atoms with Crippen molar-refractivity contribution in [2.45, 2.75) is 19.0 Å². The van der Waals surface area contributed by atoms with Crippen molar-refractivity contribution in [1.29, 1.82) is 0 Å². The summed E-state index contributed by atoms with van der Waals surface area (Å²) in [5, 5.41) is 2.69. The summed E-state index contributed by atoms with van der Waals surface area (Å²) >= 11 is 3.02. The van der Waals surface area contributed by atoms with Crippen molar-refractivity contribution >= 4 is 27.7 Å². The van der Waals surface area contributed by atoms with Crippen LogP contribution in [0.5, 0.6) is 0 Å². The number of carbonyl (C=O) groups is 1. The maximum atomic E-state index is 13.2. The summed E-state index contributed by atoms with van der Waals surface area (Å²) in [5.41, 5.74) is 4.55. The Bertz CT molecular complexity index is 567. The van der Waals surface area contributed by atoms with Crippen molar-refractivity contribution in [3.8, 4) is 0 Å². The second-order valence-corrected chi connectivity index (χ2v) is 6.30. The van der Waals surface area contributed by atoms with Crippen molar-refractivity contribution in [3.63, 3.8) is 0 Å². The molecule has 1 aliphatic rings. The molecule has 2 heterocycles. The van der Waals surface area contributed by atoms with Gasteiger partial charge >= 0.3 is 6.18 Å². The summed E-state index contributed by atoms with van der Waals surface area (Å²) in [6.45, 7) is 1.35. The van der Waals surface area contributed by atoms with Crippen LogP contribution < -0.4 is 16.0 Å². The molecule has 2 rings (SSSR count). The van der Waals surface area contributed by atoms with Crippen LogP contribution in [0.4, 0.5) is 19.0 Å². The van der Waals surface area contributed by atoms with Gasteiger partial charge in [0.2, 0.25) is 5.91 Å². The Hall–Kier alpha value is -1.35. The maximum absolute atomic E-state index is 13.2. The lowest BCUT2D eigenvalue weighted by Gasteiger charge is -2.34. The van der Waals surface area contributed by atoms with Crippen LogP contribution in [-0.2, 0) is 11.0 Å². The van der Waals surface area contributed by atoms with Crippen LogP contribution in [0.25, 0.3) is 0 Å². The topological polar surface area (TPSA) is 71.2 Å². The summed E-state index contributed by atoms with van der Waals surface area (Å²) in [4.78, 5) is 17.5. The first-order valence-electron chi connectivity index (χ1n) is 7.28. The average Bonchev–Trinajstić information content (AvgIpc) is 2.51. The predicted octanol–water partition coefficient (Wildman–Crippen LogP) is 2.15. The maximum Gasteiger partial charge on any atom is 0.419 e. The van der Waals surface area contributed by atoms with E-state index in [-0.39, 0.29) is 28.7 Å². The second kappa shape index (κ2) is 7.48. The van der Waals surface area contributed by atoms with Gasteiger partial charge in [0.1, 0.15) is 5.82 Å². The molecule has 1 atom stereocenters. The SMILES string of the molecule is NCCNC(=O)C1CCCN(c2ncc(Br)cc2C(F)(F)F)C1. The fourth-order valence-corrected chi connectivity index (χ4v) is 2.95.